The first-order valence-electron chi connectivity index (χ1n) is 10.0. The first kappa shape index (κ1) is 23.6. The zero-order valence-electron chi connectivity index (χ0n) is 16.0. The van der Waals surface area contributed by atoms with E-state index < -0.39 is 12.9 Å². The summed E-state index contributed by atoms with van der Waals surface area (Å²) in [5.41, 5.74) is -0.442. The van der Waals surface area contributed by atoms with Gasteiger partial charge in [0.25, 0.3) is 7.37 Å². The SMILES string of the molecule is CCCCCCCC/C=C\CCCCCCCC(=O)P(=O)(O)CC. The minimum absolute atomic E-state index is 0.0664. The standard InChI is InChI=1S/C20H39O3P/c1-3-5-6-7-8-9-10-11-12-13-14-15-16-17-18-19-20(21)24(22,23)4-2/h11-12H,3-10,13-19H2,1-2H3,(H,22,23)/b12-11-. The molecular formula is C20H39O3P. The monoisotopic (exact) mass is 358 g/mol. The van der Waals surface area contributed by atoms with Gasteiger partial charge in [-0.15, -0.1) is 0 Å². The highest BCUT2D eigenvalue weighted by Crippen LogP contribution is 2.42. The van der Waals surface area contributed by atoms with E-state index in [1.807, 2.05) is 0 Å². The molecule has 0 aliphatic carbocycles. The summed E-state index contributed by atoms with van der Waals surface area (Å²) >= 11 is 0. The van der Waals surface area contributed by atoms with Crippen molar-refractivity contribution in [2.75, 3.05) is 6.16 Å². The average Bonchev–Trinajstić information content (AvgIpc) is 2.58. The Balaban J connectivity index is 3.32. The van der Waals surface area contributed by atoms with Crippen molar-refractivity contribution >= 4 is 12.9 Å². The Morgan fingerprint density at radius 1 is 0.792 bits per heavy atom. The van der Waals surface area contributed by atoms with Gasteiger partial charge in [-0.25, -0.2) is 0 Å². The Kier molecular flexibility index (Phi) is 15.8. The van der Waals surface area contributed by atoms with Crippen LogP contribution in [0, 0.1) is 0 Å². The van der Waals surface area contributed by atoms with Gasteiger partial charge in [-0.05, 0) is 32.1 Å². The number of hydrogen-bond acceptors (Lipinski definition) is 2. The van der Waals surface area contributed by atoms with Crippen molar-refractivity contribution in [2.45, 2.75) is 104 Å². The zero-order valence-corrected chi connectivity index (χ0v) is 16.9. The molecule has 0 saturated heterocycles. The van der Waals surface area contributed by atoms with Crippen LogP contribution in [0.1, 0.15) is 104 Å². The molecule has 4 heteroatoms. The van der Waals surface area contributed by atoms with Crippen LogP contribution in [-0.4, -0.2) is 16.6 Å². The Labute approximate surface area is 149 Å². The van der Waals surface area contributed by atoms with Gasteiger partial charge < -0.3 is 4.89 Å². The Hall–Kier alpha value is -0.400. The molecule has 3 nitrogen and oxygen atoms in total. The second-order valence-corrected chi connectivity index (χ2v) is 9.28. The van der Waals surface area contributed by atoms with Gasteiger partial charge in [-0.2, -0.15) is 0 Å². The van der Waals surface area contributed by atoms with Crippen LogP contribution in [0.5, 0.6) is 0 Å². The van der Waals surface area contributed by atoms with Gasteiger partial charge in [0.15, 0.2) is 0 Å². The average molecular weight is 359 g/mol. The summed E-state index contributed by atoms with van der Waals surface area (Å²) in [4.78, 5) is 20.9. The van der Waals surface area contributed by atoms with E-state index in [2.05, 4.69) is 19.1 Å². The summed E-state index contributed by atoms with van der Waals surface area (Å²) < 4.78 is 11.5. The molecule has 0 fully saturated rings. The molecule has 0 spiro atoms. The van der Waals surface area contributed by atoms with Crippen molar-refractivity contribution in [1.82, 2.24) is 0 Å². The van der Waals surface area contributed by atoms with E-state index in [0.717, 1.165) is 25.7 Å². The molecule has 0 aromatic carbocycles. The molecule has 0 amide bonds. The Morgan fingerprint density at radius 2 is 1.25 bits per heavy atom. The van der Waals surface area contributed by atoms with E-state index in [1.165, 1.54) is 57.8 Å². The van der Waals surface area contributed by atoms with Gasteiger partial charge >= 0.3 is 0 Å². The van der Waals surface area contributed by atoms with Crippen LogP contribution in [0.2, 0.25) is 0 Å². The van der Waals surface area contributed by atoms with Crippen LogP contribution in [0.25, 0.3) is 0 Å². The predicted octanol–water partition coefficient (Wildman–Crippen LogP) is 6.84. The Bertz CT molecular complexity index is 377. The van der Waals surface area contributed by atoms with Gasteiger partial charge in [0.2, 0.25) is 5.52 Å². The van der Waals surface area contributed by atoms with Crippen LogP contribution in [0.3, 0.4) is 0 Å². The van der Waals surface area contributed by atoms with Gasteiger partial charge in [0.05, 0.1) is 0 Å². The molecule has 24 heavy (non-hydrogen) atoms. The lowest BCUT2D eigenvalue weighted by molar-refractivity contribution is -0.112. The smallest absolute Gasteiger partial charge is 0.263 e. The van der Waals surface area contributed by atoms with E-state index in [9.17, 15) is 14.3 Å². The van der Waals surface area contributed by atoms with Crippen molar-refractivity contribution in [2.24, 2.45) is 0 Å². The molecular weight excluding hydrogens is 319 g/mol. The molecule has 0 aliphatic rings. The lowest BCUT2D eigenvalue weighted by Crippen LogP contribution is -2.01. The molecule has 0 aromatic rings. The molecule has 0 aliphatic heterocycles. The summed E-state index contributed by atoms with van der Waals surface area (Å²) in [6.07, 6.45) is 20.7. The molecule has 0 bridgehead atoms. The number of hydrogen-bond donors (Lipinski definition) is 1. The van der Waals surface area contributed by atoms with Crippen molar-refractivity contribution in [3.8, 4) is 0 Å². The molecule has 0 radical (unpaired) electrons. The van der Waals surface area contributed by atoms with Gasteiger partial charge in [0.1, 0.15) is 0 Å². The lowest BCUT2D eigenvalue weighted by atomic mass is 10.1. The third kappa shape index (κ3) is 14.0. The maximum atomic E-state index is 11.5. The largest absolute Gasteiger partial charge is 0.339 e. The number of rotatable bonds is 17. The predicted molar refractivity (Wildman–Crippen MR) is 105 cm³/mol. The van der Waals surface area contributed by atoms with Crippen LogP contribution >= 0.6 is 7.37 Å². The lowest BCUT2D eigenvalue weighted by Gasteiger charge is -2.06. The first-order valence-corrected chi connectivity index (χ1v) is 11.9. The second kappa shape index (κ2) is 16.1. The van der Waals surface area contributed by atoms with Crippen molar-refractivity contribution in [3.63, 3.8) is 0 Å². The molecule has 1 atom stereocenters. The summed E-state index contributed by atoms with van der Waals surface area (Å²) in [6.45, 7) is 3.85. The minimum atomic E-state index is -3.50. The van der Waals surface area contributed by atoms with Crippen molar-refractivity contribution in [3.05, 3.63) is 12.2 Å². The third-order valence-electron chi connectivity index (χ3n) is 4.47. The quantitative estimate of drug-likeness (QED) is 0.176. The van der Waals surface area contributed by atoms with Crippen LogP contribution in [-0.2, 0) is 9.36 Å². The van der Waals surface area contributed by atoms with Crippen LogP contribution in [0.15, 0.2) is 12.2 Å². The maximum absolute atomic E-state index is 11.5. The number of carbonyl (C=O) groups is 1. The normalized spacial score (nSPS) is 14.1. The van der Waals surface area contributed by atoms with Gasteiger partial charge in [-0.1, -0.05) is 77.4 Å². The van der Waals surface area contributed by atoms with Crippen molar-refractivity contribution in [1.29, 1.82) is 0 Å². The minimum Gasteiger partial charge on any atom is -0.339 e. The topological polar surface area (TPSA) is 54.4 Å². The first-order chi connectivity index (χ1) is 11.5. The maximum Gasteiger partial charge on any atom is 0.263 e. The Morgan fingerprint density at radius 3 is 1.75 bits per heavy atom. The summed E-state index contributed by atoms with van der Waals surface area (Å²) in [5, 5.41) is 0. The number of carbonyl (C=O) groups excluding carboxylic acids is 1. The van der Waals surface area contributed by atoms with Crippen molar-refractivity contribution < 1.29 is 14.3 Å². The number of unbranched alkanes of at least 4 members (excludes halogenated alkanes) is 11. The fourth-order valence-electron chi connectivity index (χ4n) is 2.70. The van der Waals surface area contributed by atoms with Crippen LogP contribution < -0.4 is 0 Å². The molecule has 0 rings (SSSR count). The highest BCUT2D eigenvalue weighted by atomic mass is 31.2. The zero-order chi connectivity index (χ0) is 18.1. The molecule has 0 saturated carbocycles. The van der Waals surface area contributed by atoms with E-state index >= 15 is 0 Å². The van der Waals surface area contributed by atoms with E-state index in [1.54, 1.807) is 6.92 Å². The summed E-state index contributed by atoms with van der Waals surface area (Å²) in [7, 11) is -3.50. The highest BCUT2D eigenvalue weighted by Gasteiger charge is 2.24. The van der Waals surface area contributed by atoms with E-state index in [0.29, 0.717) is 0 Å². The molecule has 142 valence electrons. The fourth-order valence-corrected chi connectivity index (χ4v) is 3.56. The number of allylic oxidation sites excluding steroid dienone is 2. The second-order valence-electron chi connectivity index (χ2n) is 6.75. The van der Waals surface area contributed by atoms with E-state index in [-0.39, 0.29) is 12.6 Å². The molecule has 0 aromatic heterocycles. The van der Waals surface area contributed by atoms with Gasteiger partial charge in [-0.3, -0.25) is 9.36 Å². The summed E-state index contributed by atoms with van der Waals surface area (Å²) in [5.74, 6) is 0. The summed E-state index contributed by atoms with van der Waals surface area (Å²) in [6, 6.07) is 0. The molecule has 0 heterocycles. The van der Waals surface area contributed by atoms with E-state index in [4.69, 9.17) is 0 Å². The molecule has 1 unspecified atom stereocenters. The van der Waals surface area contributed by atoms with Crippen LogP contribution in [0.4, 0.5) is 0 Å². The third-order valence-corrected chi connectivity index (χ3v) is 6.33. The highest BCUT2D eigenvalue weighted by molar-refractivity contribution is 7.75. The fraction of sp³-hybridized carbons (Fsp3) is 0.850. The molecule has 1 N–H and O–H groups in total. The van der Waals surface area contributed by atoms with Gasteiger partial charge in [0, 0.05) is 12.6 Å².